The Hall–Kier alpha value is -3.81. The highest BCUT2D eigenvalue weighted by atomic mass is 19.1. The molecule has 0 N–H and O–H groups in total. The van der Waals surface area contributed by atoms with Gasteiger partial charge in [0.2, 0.25) is 5.89 Å². The highest BCUT2D eigenvalue weighted by molar-refractivity contribution is 5.66. The first-order valence-corrected chi connectivity index (χ1v) is 10.3. The third kappa shape index (κ3) is 6.10. The molecule has 32 heavy (non-hydrogen) atoms. The molecule has 4 aromatic rings. The second kappa shape index (κ2) is 10.5. The molecule has 2 aromatic carbocycles. The monoisotopic (exact) mass is 436 g/mol. The minimum Gasteiger partial charge on any atom is -0.487 e. The van der Waals surface area contributed by atoms with Gasteiger partial charge < -0.3 is 9.15 Å². The average Bonchev–Trinajstić information content (AvgIpc) is 3.48. The molecule has 0 unspecified atom stereocenters. The largest absolute Gasteiger partial charge is 0.487 e. The Morgan fingerprint density at radius 3 is 2.69 bits per heavy atom. The molecule has 0 aliphatic rings. The zero-order valence-corrected chi connectivity index (χ0v) is 17.3. The predicted octanol–water partition coefficient (Wildman–Crippen LogP) is 5.32. The Labute approximate surface area is 184 Å². The first-order chi connectivity index (χ1) is 15.7. The third-order valence-corrected chi connectivity index (χ3v) is 4.82. The van der Waals surface area contributed by atoms with Crippen LogP contribution in [-0.2, 0) is 19.6 Å². The first-order valence-electron chi connectivity index (χ1n) is 10.3. The van der Waals surface area contributed by atoms with Gasteiger partial charge in [-0.1, -0.05) is 17.3 Å². The van der Waals surface area contributed by atoms with E-state index in [1.165, 1.54) is 36.1 Å². The van der Waals surface area contributed by atoms with Crippen LogP contribution in [0.4, 0.5) is 8.78 Å². The molecule has 0 fully saturated rings. The van der Waals surface area contributed by atoms with Gasteiger partial charge in [0.1, 0.15) is 35.9 Å². The van der Waals surface area contributed by atoms with Crippen LogP contribution in [0.1, 0.15) is 35.6 Å². The lowest BCUT2D eigenvalue weighted by molar-refractivity contribution is 0.301. The van der Waals surface area contributed by atoms with Crippen molar-refractivity contribution in [3.05, 3.63) is 95.5 Å². The van der Waals surface area contributed by atoms with Crippen LogP contribution in [0.3, 0.4) is 0 Å². The van der Waals surface area contributed by atoms with Crippen molar-refractivity contribution in [1.29, 1.82) is 0 Å². The molecular weight excluding hydrogens is 414 g/mol. The number of halogens is 2. The fourth-order valence-corrected chi connectivity index (χ4v) is 3.13. The van der Waals surface area contributed by atoms with Gasteiger partial charge in [-0.15, -0.1) is 5.10 Å². The molecule has 6 nitrogen and oxygen atoms in total. The Morgan fingerprint density at radius 2 is 1.91 bits per heavy atom. The molecular formula is C24H22F2N4O2. The lowest BCUT2D eigenvalue weighted by Gasteiger charge is -2.06. The Kier molecular flexibility index (Phi) is 7.01. The number of aromatic nitrogens is 4. The van der Waals surface area contributed by atoms with Gasteiger partial charge in [-0.2, -0.15) is 0 Å². The number of benzene rings is 2. The molecule has 0 saturated carbocycles. The maximum atomic E-state index is 13.7. The summed E-state index contributed by atoms with van der Waals surface area (Å²) in [6, 6.07) is 11.4. The number of unbranched alkanes of at least 4 members (excludes halogenated alkanes) is 1. The summed E-state index contributed by atoms with van der Waals surface area (Å²) in [5, 5.41) is 7.75. The molecule has 8 heteroatoms. The van der Waals surface area contributed by atoms with E-state index in [4.69, 9.17) is 9.15 Å². The highest BCUT2D eigenvalue weighted by Gasteiger charge is 2.05. The Morgan fingerprint density at radius 1 is 1.03 bits per heavy atom. The predicted molar refractivity (Wildman–Crippen MR) is 116 cm³/mol. The van der Waals surface area contributed by atoms with Gasteiger partial charge in [-0.05, 0) is 55.2 Å². The highest BCUT2D eigenvalue weighted by Crippen LogP contribution is 2.17. The van der Waals surface area contributed by atoms with Gasteiger partial charge >= 0.3 is 0 Å². The summed E-state index contributed by atoms with van der Waals surface area (Å²) in [6.07, 6.45) is 11.1. The minimum atomic E-state index is -0.644. The van der Waals surface area contributed by atoms with Gasteiger partial charge in [0.25, 0.3) is 0 Å². The van der Waals surface area contributed by atoms with Crippen molar-refractivity contribution in [3.8, 4) is 5.75 Å². The van der Waals surface area contributed by atoms with E-state index in [9.17, 15) is 8.78 Å². The average molecular weight is 436 g/mol. The third-order valence-electron chi connectivity index (χ3n) is 4.82. The van der Waals surface area contributed by atoms with E-state index in [-0.39, 0.29) is 12.2 Å². The van der Waals surface area contributed by atoms with E-state index in [1.807, 2.05) is 23.0 Å². The zero-order chi connectivity index (χ0) is 22.2. The van der Waals surface area contributed by atoms with Crippen LogP contribution in [0.15, 0.2) is 65.5 Å². The van der Waals surface area contributed by atoms with E-state index in [0.29, 0.717) is 11.6 Å². The Bertz CT molecular complexity index is 1160. The molecule has 0 radical (unpaired) electrons. The second-order valence-corrected chi connectivity index (χ2v) is 7.23. The number of hydrogen-bond donors (Lipinski definition) is 0. The number of aryl methyl sites for hydroxylation is 2. The number of oxazole rings is 1. The second-order valence-electron chi connectivity index (χ2n) is 7.23. The summed E-state index contributed by atoms with van der Waals surface area (Å²) in [6.45, 7) is 1.12. The van der Waals surface area contributed by atoms with Crippen molar-refractivity contribution < 1.29 is 17.9 Å². The van der Waals surface area contributed by atoms with E-state index in [1.54, 1.807) is 6.20 Å². The quantitative estimate of drug-likeness (QED) is 0.315. The van der Waals surface area contributed by atoms with Gasteiger partial charge in [0, 0.05) is 30.4 Å². The number of rotatable bonds is 10. The van der Waals surface area contributed by atoms with Crippen LogP contribution in [0.25, 0.3) is 12.2 Å². The molecule has 4 rings (SSSR count). The summed E-state index contributed by atoms with van der Waals surface area (Å²) in [5.41, 5.74) is 2.11. The maximum absolute atomic E-state index is 13.7. The molecule has 0 bridgehead atoms. The molecule has 0 atom stereocenters. The van der Waals surface area contributed by atoms with Crippen molar-refractivity contribution in [2.45, 2.75) is 32.4 Å². The number of hydrogen-bond acceptors (Lipinski definition) is 5. The maximum Gasteiger partial charge on any atom is 0.218 e. The van der Waals surface area contributed by atoms with Gasteiger partial charge in [-0.3, -0.25) is 4.68 Å². The lowest BCUT2D eigenvalue weighted by atomic mass is 10.1. The van der Waals surface area contributed by atoms with E-state index in [0.717, 1.165) is 37.6 Å². The topological polar surface area (TPSA) is 66.0 Å². The fraction of sp³-hybridized carbons (Fsp3) is 0.208. The van der Waals surface area contributed by atoms with Crippen molar-refractivity contribution in [2.24, 2.45) is 0 Å². The smallest absolute Gasteiger partial charge is 0.218 e. The molecule has 164 valence electrons. The summed E-state index contributed by atoms with van der Waals surface area (Å²) < 4.78 is 39.6. The Balaban J connectivity index is 1.22. The first kappa shape index (κ1) is 21.4. The van der Waals surface area contributed by atoms with Crippen LogP contribution in [0, 0.1) is 11.6 Å². The van der Waals surface area contributed by atoms with Crippen molar-refractivity contribution >= 4 is 12.2 Å². The van der Waals surface area contributed by atoms with Crippen molar-refractivity contribution in [3.63, 3.8) is 0 Å². The fourth-order valence-electron chi connectivity index (χ4n) is 3.13. The van der Waals surface area contributed by atoms with E-state index in [2.05, 4.69) is 27.4 Å². The normalized spacial score (nSPS) is 11.3. The van der Waals surface area contributed by atoms with Crippen LogP contribution in [0.5, 0.6) is 5.75 Å². The molecule has 0 saturated heterocycles. The molecule has 0 aliphatic carbocycles. The zero-order valence-electron chi connectivity index (χ0n) is 17.3. The molecule has 0 amide bonds. The molecule has 0 spiro atoms. The summed E-state index contributed by atoms with van der Waals surface area (Å²) in [5.74, 6) is -0.208. The van der Waals surface area contributed by atoms with Crippen molar-refractivity contribution in [2.75, 3.05) is 0 Å². The van der Waals surface area contributed by atoms with Crippen molar-refractivity contribution in [1.82, 2.24) is 20.0 Å². The van der Waals surface area contributed by atoms with Crippen LogP contribution in [0.2, 0.25) is 0 Å². The SMILES string of the molecule is Fc1ccc(/C=C/c2nc(COc3ccc(CCCCn4ccnn4)cc3)co2)c(F)c1. The van der Waals surface area contributed by atoms with Crippen LogP contribution < -0.4 is 4.74 Å². The molecule has 2 heterocycles. The number of nitrogens with zero attached hydrogens (tertiary/aromatic N) is 4. The molecule has 2 aromatic heterocycles. The standard InChI is InChI=1S/C24H22F2N4O2/c25-20-8-6-19(23(26)15-20)7-11-24-28-21(17-32-24)16-31-22-9-4-18(5-10-22)3-1-2-13-30-14-12-27-29-30/h4-12,14-15,17H,1-3,13,16H2/b11-7+. The van der Waals surface area contributed by atoms with Gasteiger partial charge in [0.05, 0.1) is 6.20 Å². The van der Waals surface area contributed by atoms with Crippen LogP contribution >= 0.6 is 0 Å². The van der Waals surface area contributed by atoms with E-state index >= 15 is 0 Å². The lowest BCUT2D eigenvalue weighted by Crippen LogP contribution is -1.99. The van der Waals surface area contributed by atoms with Gasteiger partial charge in [-0.25, -0.2) is 13.8 Å². The number of ether oxygens (including phenoxy) is 1. The van der Waals surface area contributed by atoms with E-state index < -0.39 is 11.6 Å². The summed E-state index contributed by atoms with van der Waals surface area (Å²) in [4.78, 5) is 4.29. The summed E-state index contributed by atoms with van der Waals surface area (Å²) >= 11 is 0. The summed E-state index contributed by atoms with van der Waals surface area (Å²) in [7, 11) is 0. The van der Waals surface area contributed by atoms with Crippen LogP contribution in [-0.4, -0.2) is 20.0 Å². The van der Waals surface area contributed by atoms with Gasteiger partial charge in [0.15, 0.2) is 0 Å². The minimum absolute atomic E-state index is 0.250. The molecule has 0 aliphatic heterocycles.